The third kappa shape index (κ3) is 9.88. The Morgan fingerprint density at radius 3 is 2.58 bits per heavy atom. The quantitative estimate of drug-likeness (QED) is 0.321. The van der Waals surface area contributed by atoms with Gasteiger partial charge in [-0.1, -0.05) is 24.3 Å². The molecule has 0 radical (unpaired) electrons. The van der Waals surface area contributed by atoms with Crippen molar-refractivity contribution in [1.82, 2.24) is 26.2 Å². The first-order chi connectivity index (χ1) is 19.2. The summed E-state index contributed by atoms with van der Waals surface area (Å²) in [5.41, 5.74) is 1.04. The van der Waals surface area contributed by atoms with E-state index in [1.807, 2.05) is 19.0 Å². The number of aromatic hydroxyl groups is 1. The number of carbonyl (C=O) groups is 4. The third-order valence-electron chi connectivity index (χ3n) is 6.40. The molecule has 0 aromatic heterocycles. The zero-order chi connectivity index (χ0) is 28.9. The zero-order valence-corrected chi connectivity index (χ0v) is 23.1. The summed E-state index contributed by atoms with van der Waals surface area (Å²) in [5.74, 6) is -1.17. The molecule has 0 saturated heterocycles. The first-order valence-corrected chi connectivity index (χ1v) is 13.5. The lowest BCUT2D eigenvalue weighted by molar-refractivity contribution is -0.129. The Morgan fingerprint density at radius 2 is 1.82 bits per heavy atom. The van der Waals surface area contributed by atoms with Crippen LogP contribution in [0.1, 0.15) is 41.6 Å². The maximum atomic E-state index is 13.2. The molecule has 1 heterocycles. The van der Waals surface area contributed by atoms with Crippen LogP contribution >= 0.6 is 0 Å². The lowest BCUT2D eigenvalue weighted by atomic mass is 10.0. The Kier molecular flexibility index (Phi) is 11.8. The van der Waals surface area contributed by atoms with Gasteiger partial charge in [0.1, 0.15) is 23.6 Å². The van der Waals surface area contributed by atoms with Gasteiger partial charge in [-0.25, -0.2) is 0 Å². The van der Waals surface area contributed by atoms with Gasteiger partial charge in [0.25, 0.3) is 5.91 Å². The van der Waals surface area contributed by atoms with Crippen molar-refractivity contribution in [2.75, 3.05) is 40.3 Å². The van der Waals surface area contributed by atoms with E-state index in [4.69, 9.17) is 4.74 Å². The number of nitrogens with zero attached hydrogens (tertiary/aromatic N) is 1. The lowest BCUT2D eigenvalue weighted by Gasteiger charge is -2.22. The lowest BCUT2D eigenvalue weighted by Crippen LogP contribution is -2.50. The highest BCUT2D eigenvalue weighted by Crippen LogP contribution is 2.19. The number of benzene rings is 2. The van der Waals surface area contributed by atoms with Crippen molar-refractivity contribution in [3.05, 3.63) is 59.7 Å². The van der Waals surface area contributed by atoms with Crippen LogP contribution in [0.3, 0.4) is 0 Å². The minimum absolute atomic E-state index is 0.0354. The number of phenolic OH excluding ortho intramolecular Hbond substituents is 1. The Balaban J connectivity index is 1.78. The molecule has 5 N–H and O–H groups in total. The molecule has 0 aliphatic carbocycles. The Hall–Kier alpha value is -4.12. The number of fused-ring (bicyclic) bond motifs is 1. The van der Waals surface area contributed by atoms with E-state index in [9.17, 15) is 24.3 Å². The number of carbonyl (C=O) groups excluding carboxylic acids is 4. The van der Waals surface area contributed by atoms with E-state index in [0.29, 0.717) is 25.3 Å². The summed E-state index contributed by atoms with van der Waals surface area (Å²) in [4.78, 5) is 54.2. The van der Waals surface area contributed by atoms with E-state index in [0.717, 1.165) is 18.5 Å². The van der Waals surface area contributed by atoms with E-state index in [1.165, 1.54) is 12.1 Å². The van der Waals surface area contributed by atoms with Gasteiger partial charge < -0.3 is 36.0 Å². The summed E-state index contributed by atoms with van der Waals surface area (Å²) in [5, 5.41) is 20.8. The molecule has 4 amide bonds. The van der Waals surface area contributed by atoms with Crippen molar-refractivity contribution in [3.63, 3.8) is 0 Å². The van der Waals surface area contributed by atoms with Gasteiger partial charge in [0.15, 0.2) is 0 Å². The Morgan fingerprint density at radius 1 is 1.07 bits per heavy atom. The van der Waals surface area contributed by atoms with E-state index >= 15 is 0 Å². The molecule has 0 fully saturated rings. The summed E-state index contributed by atoms with van der Waals surface area (Å²) in [6.45, 7) is 1.76. The average Bonchev–Trinajstić information content (AvgIpc) is 2.93. The summed E-state index contributed by atoms with van der Waals surface area (Å²) in [6.07, 6.45) is 1.36. The monoisotopic (exact) mass is 553 g/mol. The molecule has 2 aromatic rings. The number of rotatable bonds is 7. The fourth-order valence-corrected chi connectivity index (χ4v) is 4.22. The van der Waals surface area contributed by atoms with Crippen LogP contribution in [0.5, 0.6) is 11.5 Å². The number of amides is 4. The SMILES string of the molecule is CN(C)CCCNC(=O)[C@@H]1CCC(=O)NC(Cc2ccc(O)cc2)C(=O)NCCCOc2ccccc2C(=O)N1. The third-order valence-corrected chi connectivity index (χ3v) is 6.40. The topological polar surface area (TPSA) is 149 Å². The zero-order valence-electron chi connectivity index (χ0n) is 23.1. The molecule has 11 heteroatoms. The second kappa shape index (κ2) is 15.5. The molecule has 3 rings (SSSR count). The average molecular weight is 554 g/mol. The van der Waals surface area contributed by atoms with Crippen LogP contribution in [0.25, 0.3) is 0 Å². The van der Waals surface area contributed by atoms with E-state index in [-0.39, 0.29) is 43.1 Å². The van der Waals surface area contributed by atoms with Gasteiger partial charge in [0.2, 0.25) is 17.7 Å². The molecule has 1 aliphatic rings. The number of hydrogen-bond acceptors (Lipinski definition) is 7. The molecule has 216 valence electrons. The normalized spacial score (nSPS) is 19.0. The number of hydrogen-bond donors (Lipinski definition) is 5. The number of ether oxygens (including phenoxy) is 1. The molecule has 2 aromatic carbocycles. The first kappa shape index (κ1) is 30.4. The van der Waals surface area contributed by atoms with Gasteiger partial charge in [-0.3, -0.25) is 19.2 Å². The minimum Gasteiger partial charge on any atom is -0.508 e. The molecule has 11 nitrogen and oxygen atoms in total. The van der Waals surface area contributed by atoms with Crippen LogP contribution in [0.2, 0.25) is 0 Å². The van der Waals surface area contributed by atoms with E-state index < -0.39 is 29.8 Å². The van der Waals surface area contributed by atoms with Crippen molar-refractivity contribution in [2.45, 2.75) is 44.2 Å². The van der Waals surface area contributed by atoms with Crippen LogP contribution in [-0.4, -0.2) is 86.1 Å². The Bertz CT molecular complexity index is 1150. The molecule has 0 saturated carbocycles. The van der Waals surface area contributed by atoms with E-state index in [1.54, 1.807) is 36.4 Å². The van der Waals surface area contributed by atoms with Gasteiger partial charge in [-0.05, 0) is 69.7 Å². The van der Waals surface area contributed by atoms with Crippen LogP contribution in [0.15, 0.2) is 48.5 Å². The summed E-state index contributed by atoms with van der Waals surface area (Å²) in [7, 11) is 3.88. The smallest absolute Gasteiger partial charge is 0.255 e. The van der Waals surface area contributed by atoms with Gasteiger partial charge >= 0.3 is 0 Å². The molecule has 40 heavy (non-hydrogen) atoms. The highest BCUT2D eigenvalue weighted by Gasteiger charge is 2.26. The van der Waals surface area contributed by atoms with Crippen molar-refractivity contribution in [1.29, 1.82) is 0 Å². The first-order valence-electron chi connectivity index (χ1n) is 13.5. The fourth-order valence-electron chi connectivity index (χ4n) is 4.22. The number of para-hydroxylation sites is 1. The van der Waals surface area contributed by atoms with Gasteiger partial charge in [-0.15, -0.1) is 0 Å². The summed E-state index contributed by atoms with van der Waals surface area (Å²) >= 11 is 0. The van der Waals surface area contributed by atoms with Crippen molar-refractivity contribution >= 4 is 23.6 Å². The maximum absolute atomic E-state index is 13.2. The Labute approximate surface area is 234 Å². The molecule has 0 bridgehead atoms. The fraction of sp³-hybridized carbons (Fsp3) is 0.448. The minimum atomic E-state index is -0.969. The van der Waals surface area contributed by atoms with Gasteiger partial charge in [0.05, 0.1) is 12.2 Å². The second-order valence-corrected chi connectivity index (χ2v) is 9.99. The molecular formula is C29H39N5O6. The molecule has 1 aliphatic heterocycles. The highest BCUT2D eigenvalue weighted by atomic mass is 16.5. The summed E-state index contributed by atoms with van der Waals surface area (Å²) in [6, 6.07) is 11.3. The molecule has 0 spiro atoms. The van der Waals surface area contributed by atoms with Crippen LogP contribution in [0.4, 0.5) is 0 Å². The van der Waals surface area contributed by atoms with Crippen LogP contribution in [-0.2, 0) is 20.8 Å². The predicted octanol–water partition coefficient (Wildman–Crippen LogP) is 0.965. The standard InChI is InChI=1S/C29H39N5O6/c1-34(2)17-5-15-30-28(38)23-13-14-26(36)32-24(19-20-9-11-21(35)12-10-20)29(39)31-16-6-18-40-25-8-4-3-7-22(25)27(37)33-23/h3-4,7-12,23-24,35H,5-6,13-19H2,1-2H3,(H,30,38)(H,31,39)(H,32,36)(H,33,37)/t23-,24?/m0/s1. The number of nitrogens with one attached hydrogen (secondary N) is 4. The van der Waals surface area contributed by atoms with E-state index in [2.05, 4.69) is 21.3 Å². The van der Waals surface area contributed by atoms with Crippen LogP contribution in [0, 0.1) is 0 Å². The summed E-state index contributed by atoms with van der Waals surface area (Å²) < 4.78 is 5.83. The van der Waals surface area contributed by atoms with Gasteiger partial charge in [-0.2, -0.15) is 0 Å². The van der Waals surface area contributed by atoms with Crippen molar-refractivity contribution < 1.29 is 29.0 Å². The highest BCUT2D eigenvalue weighted by molar-refractivity contribution is 5.99. The molecular weight excluding hydrogens is 514 g/mol. The van der Waals surface area contributed by atoms with Gasteiger partial charge in [0, 0.05) is 25.9 Å². The second-order valence-electron chi connectivity index (χ2n) is 9.99. The van der Waals surface area contributed by atoms with Crippen molar-refractivity contribution in [3.8, 4) is 11.5 Å². The molecule has 1 unspecified atom stereocenters. The predicted molar refractivity (Wildman–Crippen MR) is 150 cm³/mol. The van der Waals surface area contributed by atoms with Crippen molar-refractivity contribution in [2.24, 2.45) is 0 Å². The van der Waals surface area contributed by atoms with Crippen LogP contribution < -0.4 is 26.0 Å². The largest absolute Gasteiger partial charge is 0.508 e. The number of phenols is 1. The molecule has 2 atom stereocenters. The maximum Gasteiger partial charge on any atom is 0.255 e.